The molecule has 0 radical (unpaired) electrons. The molecule has 2 aromatic carbocycles. The molecule has 0 fully saturated rings. The predicted octanol–water partition coefficient (Wildman–Crippen LogP) is 2.72. The van der Waals surface area contributed by atoms with Gasteiger partial charge in [0, 0.05) is 30.8 Å². The summed E-state index contributed by atoms with van der Waals surface area (Å²) in [5.74, 6) is 0.317. The van der Waals surface area contributed by atoms with E-state index in [0.717, 1.165) is 27.9 Å². The van der Waals surface area contributed by atoms with Crippen molar-refractivity contribution in [1.82, 2.24) is 14.9 Å². The zero-order valence-corrected chi connectivity index (χ0v) is 16.4. The van der Waals surface area contributed by atoms with Crippen LogP contribution in [0.25, 0.3) is 11.4 Å². The van der Waals surface area contributed by atoms with Gasteiger partial charge in [-0.05, 0) is 31.0 Å². The number of rotatable bonds is 4. The molecule has 0 atom stereocenters. The average Bonchev–Trinajstić information content (AvgIpc) is 2.70. The lowest BCUT2D eigenvalue weighted by Crippen LogP contribution is -2.35. The maximum absolute atomic E-state index is 12.6. The number of aromatic hydroxyl groups is 2. The fourth-order valence-electron chi connectivity index (χ4n) is 3.63. The van der Waals surface area contributed by atoms with Crippen molar-refractivity contribution in [3.8, 4) is 28.6 Å². The van der Waals surface area contributed by atoms with E-state index in [1.165, 1.54) is 13.2 Å². The lowest BCUT2D eigenvalue weighted by Gasteiger charge is -2.28. The number of aromatic nitrogens is 2. The van der Waals surface area contributed by atoms with E-state index in [2.05, 4.69) is 9.88 Å². The number of nitrogens with one attached hydrogen (secondary N) is 1. The predicted molar refractivity (Wildman–Crippen MR) is 109 cm³/mol. The van der Waals surface area contributed by atoms with Crippen molar-refractivity contribution in [2.24, 2.45) is 0 Å². The molecule has 0 amide bonds. The largest absolute Gasteiger partial charge is 0.504 e. The number of phenolic OH excluding ortho intramolecular Hbond substituents is 2. The first-order chi connectivity index (χ1) is 13.9. The van der Waals surface area contributed by atoms with Crippen LogP contribution < -0.4 is 10.3 Å². The van der Waals surface area contributed by atoms with E-state index in [9.17, 15) is 15.0 Å². The molecule has 7 heteroatoms. The first kappa shape index (κ1) is 19.0. The van der Waals surface area contributed by atoms with Gasteiger partial charge in [-0.2, -0.15) is 0 Å². The molecule has 150 valence electrons. The number of H-pyrrole nitrogens is 1. The highest BCUT2D eigenvalue weighted by atomic mass is 16.5. The van der Waals surface area contributed by atoms with E-state index in [4.69, 9.17) is 9.72 Å². The molecule has 3 aromatic rings. The average molecular weight is 393 g/mol. The molecule has 0 saturated carbocycles. The van der Waals surface area contributed by atoms with Crippen molar-refractivity contribution in [3.63, 3.8) is 0 Å². The van der Waals surface area contributed by atoms with Crippen LogP contribution in [-0.4, -0.2) is 38.7 Å². The molecule has 0 unspecified atom stereocenters. The molecule has 0 bridgehead atoms. The summed E-state index contributed by atoms with van der Waals surface area (Å²) >= 11 is 0. The molecule has 2 heterocycles. The van der Waals surface area contributed by atoms with Gasteiger partial charge in [-0.1, -0.05) is 29.8 Å². The number of hydrogen-bond acceptors (Lipinski definition) is 6. The Bertz CT molecular complexity index is 1110. The zero-order valence-electron chi connectivity index (χ0n) is 16.4. The molecule has 1 aliphatic heterocycles. The van der Waals surface area contributed by atoms with Crippen molar-refractivity contribution in [3.05, 3.63) is 69.1 Å². The second-order valence-electron chi connectivity index (χ2n) is 7.33. The fraction of sp³-hybridized carbons (Fsp3) is 0.273. The second-order valence-corrected chi connectivity index (χ2v) is 7.33. The lowest BCUT2D eigenvalue weighted by atomic mass is 10.0. The molecular formula is C22H23N3O4. The van der Waals surface area contributed by atoms with Gasteiger partial charge in [0.2, 0.25) is 5.75 Å². The van der Waals surface area contributed by atoms with E-state index < -0.39 is 0 Å². The Balaban J connectivity index is 1.60. The van der Waals surface area contributed by atoms with Crippen LogP contribution in [0.2, 0.25) is 0 Å². The van der Waals surface area contributed by atoms with Crippen LogP contribution in [0.5, 0.6) is 17.2 Å². The van der Waals surface area contributed by atoms with Gasteiger partial charge in [0.05, 0.1) is 12.8 Å². The van der Waals surface area contributed by atoms with Gasteiger partial charge in [-0.15, -0.1) is 0 Å². The molecule has 0 aliphatic carbocycles. The number of nitrogens with zero attached hydrogens (tertiary/aromatic N) is 2. The first-order valence-corrected chi connectivity index (χ1v) is 9.45. The van der Waals surface area contributed by atoms with Crippen LogP contribution in [0.4, 0.5) is 0 Å². The summed E-state index contributed by atoms with van der Waals surface area (Å²) in [7, 11) is 1.44. The van der Waals surface area contributed by atoms with E-state index in [-0.39, 0.29) is 22.8 Å². The maximum atomic E-state index is 12.6. The number of fused-ring (bicyclic) bond motifs is 1. The third kappa shape index (κ3) is 3.82. The SMILES string of the molecule is COc1cc(CN2CCc3c(nc(-c4ccc(C)cc4)[nH]c3=O)C2)cc(O)c1O. The smallest absolute Gasteiger partial charge is 0.254 e. The normalized spacial score (nSPS) is 13.9. The number of aryl methyl sites for hydroxylation is 1. The highest BCUT2D eigenvalue weighted by molar-refractivity contribution is 5.56. The van der Waals surface area contributed by atoms with Gasteiger partial charge < -0.3 is 19.9 Å². The van der Waals surface area contributed by atoms with E-state index in [1.54, 1.807) is 6.07 Å². The molecule has 4 rings (SSSR count). The Morgan fingerprint density at radius 2 is 1.97 bits per heavy atom. The molecule has 1 aliphatic rings. The van der Waals surface area contributed by atoms with Crippen LogP contribution in [-0.2, 0) is 19.5 Å². The van der Waals surface area contributed by atoms with Crippen molar-refractivity contribution in [1.29, 1.82) is 0 Å². The molecule has 3 N–H and O–H groups in total. The highest BCUT2D eigenvalue weighted by Gasteiger charge is 2.22. The fourth-order valence-corrected chi connectivity index (χ4v) is 3.63. The van der Waals surface area contributed by atoms with Gasteiger partial charge in [0.15, 0.2) is 11.5 Å². The van der Waals surface area contributed by atoms with Gasteiger partial charge in [0.25, 0.3) is 5.56 Å². The molecular weight excluding hydrogens is 370 g/mol. The number of phenols is 2. The Hall–Kier alpha value is -3.32. The first-order valence-electron chi connectivity index (χ1n) is 9.45. The van der Waals surface area contributed by atoms with E-state index >= 15 is 0 Å². The Labute approximate surface area is 168 Å². The molecule has 0 saturated heterocycles. The number of hydrogen-bond donors (Lipinski definition) is 3. The van der Waals surface area contributed by atoms with E-state index in [0.29, 0.717) is 31.9 Å². The lowest BCUT2D eigenvalue weighted by molar-refractivity contribution is 0.239. The quantitative estimate of drug-likeness (QED) is 0.590. The third-order valence-electron chi connectivity index (χ3n) is 5.22. The van der Waals surface area contributed by atoms with Crippen LogP contribution in [0.15, 0.2) is 41.2 Å². The summed E-state index contributed by atoms with van der Waals surface area (Å²) in [5, 5.41) is 19.7. The maximum Gasteiger partial charge on any atom is 0.254 e. The minimum absolute atomic E-state index is 0.0887. The van der Waals surface area contributed by atoms with Crippen molar-refractivity contribution in [2.45, 2.75) is 26.4 Å². The van der Waals surface area contributed by atoms with Crippen LogP contribution >= 0.6 is 0 Å². The van der Waals surface area contributed by atoms with Crippen LogP contribution in [0.1, 0.15) is 22.4 Å². The molecule has 7 nitrogen and oxygen atoms in total. The van der Waals surface area contributed by atoms with Crippen LogP contribution in [0.3, 0.4) is 0 Å². The molecule has 0 spiro atoms. The van der Waals surface area contributed by atoms with Crippen LogP contribution in [0, 0.1) is 6.92 Å². The Morgan fingerprint density at radius 1 is 1.21 bits per heavy atom. The number of methoxy groups -OCH3 is 1. The topological polar surface area (TPSA) is 98.7 Å². The Kier molecular flexibility index (Phi) is 4.98. The number of benzene rings is 2. The number of ether oxygens (including phenoxy) is 1. The summed E-state index contributed by atoms with van der Waals surface area (Å²) < 4.78 is 5.11. The third-order valence-corrected chi connectivity index (χ3v) is 5.22. The van der Waals surface area contributed by atoms with Gasteiger partial charge in [-0.25, -0.2) is 4.98 Å². The summed E-state index contributed by atoms with van der Waals surface area (Å²) in [4.78, 5) is 22.3. The standard InChI is InChI=1S/C22H23N3O4/c1-13-3-5-15(6-4-13)21-23-17-12-25(8-7-16(17)22(28)24-21)11-14-9-18(26)20(27)19(10-14)29-2/h3-6,9-10,26-27H,7-8,11-12H2,1-2H3,(H,23,24,28). The zero-order chi connectivity index (χ0) is 20.5. The monoisotopic (exact) mass is 393 g/mol. The number of aromatic amines is 1. The molecule has 29 heavy (non-hydrogen) atoms. The minimum Gasteiger partial charge on any atom is -0.504 e. The van der Waals surface area contributed by atoms with Gasteiger partial charge in [-0.3, -0.25) is 9.69 Å². The second kappa shape index (κ2) is 7.60. The van der Waals surface area contributed by atoms with Crippen molar-refractivity contribution >= 4 is 0 Å². The summed E-state index contributed by atoms with van der Waals surface area (Å²) in [6.07, 6.45) is 0.604. The summed E-state index contributed by atoms with van der Waals surface area (Å²) in [6.45, 7) is 3.78. The van der Waals surface area contributed by atoms with Crippen molar-refractivity contribution in [2.75, 3.05) is 13.7 Å². The summed E-state index contributed by atoms with van der Waals surface area (Å²) in [5.41, 5.74) is 4.24. The minimum atomic E-state index is -0.267. The van der Waals surface area contributed by atoms with Gasteiger partial charge >= 0.3 is 0 Å². The summed E-state index contributed by atoms with van der Waals surface area (Å²) in [6, 6.07) is 11.1. The molecule has 1 aromatic heterocycles. The Morgan fingerprint density at radius 3 is 2.69 bits per heavy atom. The van der Waals surface area contributed by atoms with Crippen molar-refractivity contribution < 1.29 is 14.9 Å². The highest BCUT2D eigenvalue weighted by Crippen LogP contribution is 2.36. The van der Waals surface area contributed by atoms with Gasteiger partial charge in [0.1, 0.15) is 5.82 Å². The van der Waals surface area contributed by atoms with E-state index in [1.807, 2.05) is 31.2 Å².